The predicted octanol–water partition coefficient (Wildman–Crippen LogP) is 3.77. The topological polar surface area (TPSA) is 33.2 Å². The fourth-order valence-electron chi connectivity index (χ4n) is 2.75. The molecule has 3 heteroatoms. The van der Waals surface area contributed by atoms with E-state index < -0.39 is 0 Å². The van der Waals surface area contributed by atoms with Gasteiger partial charge in [-0.1, -0.05) is 43.3 Å². The van der Waals surface area contributed by atoms with Gasteiger partial charge in [0.05, 0.1) is 12.2 Å². The van der Waals surface area contributed by atoms with Crippen LogP contribution < -0.4 is 0 Å². The van der Waals surface area contributed by atoms with E-state index in [1.165, 1.54) is 5.56 Å². The molecule has 1 unspecified atom stereocenters. The van der Waals surface area contributed by atoms with E-state index in [0.29, 0.717) is 19.0 Å². The summed E-state index contributed by atoms with van der Waals surface area (Å²) in [6.07, 6.45) is 4.60. The fourth-order valence-corrected chi connectivity index (χ4v) is 2.75. The zero-order chi connectivity index (χ0) is 15.4. The maximum absolute atomic E-state index is 12.7. The minimum absolute atomic E-state index is 0.240. The van der Waals surface area contributed by atoms with Crippen molar-refractivity contribution < 1.29 is 4.79 Å². The molecule has 1 aliphatic carbocycles. The van der Waals surface area contributed by atoms with E-state index in [2.05, 4.69) is 24.0 Å². The first-order valence-electron chi connectivity index (χ1n) is 7.98. The molecule has 0 saturated heterocycles. The highest BCUT2D eigenvalue weighted by Crippen LogP contribution is 2.30. The summed E-state index contributed by atoms with van der Waals surface area (Å²) >= 11 is 0. The van der Waals surface area contributed by atoms with Crippen molar-refractivity contribution in [1.82, 2.24) is 9.88 Å². The summed E-state index contributed by atoms with van der Waals surface area (Å²) in [4.78, 5) is 19.1. The third kappa shape index (κ3) is 3.73. The molecule has 1 saturated carbocycles. The molecule has 1 aromatic heterocycles. The van der Waals surface area contributed by atoms with Crippen LogP contribution in [-0.4, -0.2) is 21.8 Å². The van der Waals surface area contributed by atoms with Crippen LogP contribution >= 0.6 is 0 Å². The smallest absolute Gasteiger partial charge is 0.223 e. The van der Waals surface area contributed by atoms with Gasteiger partial charge in [-0.15, -0.1) is 0 Å². The van der Waals surface area contributed by atoms with Crippen LogP contribution in [0.2, 0.25) is 0 Å². The van der Waals surface area contributed by atoms with E-state index in [0.717, 1.165) is 18.5 Å². The first-order valence-corrected chi connectivity index (χ1v) is 7.98. The molecule has 0 N–H and O–H groups in total. The second-order valence-electron chi connectivity index (χ2n) is 6.09. The lowest BCUT2D eigenvalue weighted by molar-refractivity contribution is -0.132. The van der Waals surface area contributed by atoms with Crippen LogP contribution in [0, 0.1) is 0 Å². The van der Waals surface area contributed by atoms with Crippen LogP contribution in [0.4, 0.5) is 0 Å². The van der Waals surface area contributed by atoms with Crippen molar-refractivity contribution in [2.75, 3.05) is 0 Å². The lowest BCUT2D eigenvalue weighted by Gasteiger charge is -2.24. The summed E-state index contributed by atoms with van der Waals surface area (Å²) in [5, 5.41) is 0. The predicted molar refractivity (Wildman–Crippen MR) is 87.3 cm³/mol. The molecule has 1 aliphatic rings. The molecule has 1 amide bonds. The van der Waals surface area contributed by atoms with E-state index in [1.807, 2.05) is 41.3 Å². The Labute approximate surface area is 132 Å². The monoisotopic (exact) mass is 294 g/mol. The van der Waals surface area contributed by atoms with Crippen molar-refractivity contribution >= 4 is 5.91 Å². The van der Waals surface area contributed by atoms with E-state index >= 15 is 0 Å². The van der Waals surface area contributed by atoms with Gasteiger partial charge in [0.15, 0.2) is 0 Å². The molecule has 1 fully saturated rings. The van der Waals surface area contributed by atoms with Crippen molar-refractivity contribution in [3.05, 3.63) is 66.0 Å². The average molecular weight is 294 g/mol. The maximum Gasteiger partial charge on any atom is 0.223 e. The van der Waals surface area contributed by atoms with Crippen LogP contribution in [0.15, 0.2) is 54.7 Å². The van der Waals surface area contributed by atoms with Crippen molar-refractivity contribution in [3.63, 3.8) is 0 Å². The number of nitrogens with zero attached hydrogens (tertiary/aromatic N) is 2. The minimum Gasteiger partial charge on any atom is -0.334 e. The second kappa shape index (κ2) is 6.73. The Balaban J connectivity index is 1.65. The van der Waals surface area contributed by atoms with Gasteiger partial charge in [0.25, 0.3) is 0 Å². The third-order valence-corrected chi connectivity index (χ3v) is 4.22. The lowest BCUT2D eigenvalue weighted by atomic mass is 9.97. The SMILES string of the molecule is CC(CC(=O)N(Cc1ccccn1)C1CC1)c1ccccc1. The molecule has 0 bridgehead atoms. The summed E-state index contributed by atoms with van der Waals surface area (Å²) in [5.41, 5.74) is 2.19. The summed E-state index contributed by atoms with van der Waals surface area (Å²) in [5.74, 6) is 0.489. The van der Waals surface area contributed by atoms with E-state index in [1.54, 1.807) is 6.20 Å². The van der Waals surface area contributed by atoms with Crippen LogP contribution in [-0.2, 0) is 11.3 Å². The van der Waals surface area contributed by atoms with Gasteiger partial charge in [0.2, 0.25) is 5.91 Å². The van der Waals surface area contributed by atoms with Crippen molar-refractivity contribution in [2.24, 2.45) is 0 Å². The van der Waals surface area contributed by atoms with Crippen LogP contribution in [0.1, 0.15) is 43.4 Å². The zero-order valence-corrected chi connectivity index (χ0v) is 13.0. The highest BCUT2D eigenvalue weighted by molar-refractivity contribution is 5.77. The molecule has 0 radical (unpaired) electrons. The number of pyridine rings is 1. The number of rotatable bonds is 6. The minimum atomic E-state index is 0.240. The second-order valence-corrected chi connectivity index (χ2v) is 6.09. The van der Waals surface area contributed by atoms with Gasteiger partial charge in [-0.3, -0.25) is 9.78 Å². The number of hydrogen-bond donors (Lipinski definition) is 0. The molecule has 0 aliphatic heterocycles. The highest BCUT2D eigenvalue weighted by Gasteiger charge is 2.33. The van der Waals surface area contributed by atoms with E-state index in [9.17, 15) is 4.79 Å². The Morgan fingerprint density at radius 1 is 1.18 bits per heavy atom. The van der Waals surface area contributed by atoms with E-state index in [-0.39, 0.29) is 11.8 Å². The van der Waals surface area contributed by atoms with Gasteiger partial charge in [0, 0.05) is 18.7 Å². The van der Waals surface area contributed by atoms with Gasteiger partial charge < -0.3 is 4.90 Å². The van der Waals surface area contributed by atoms with Crippen molar-refractivity contribution in [3.8, 4) is 0 Å². The lowest BCUT2D eigenvalue weighted by Crippen LogP contribution is -2.33. The average Bonchev–Trinajstić information content (AvgIpc) is 3.39. The molecule has 1 atom stereocenters. The Morgan fingerprint density at radius 2 is 1.91 bits per heavy atom. The summed E-state index contributed by atoms with van der Waals surface area (Å²) in [7, 11) is 0. The quantitative estimate of drug-likeness (QED) is 0.812. The number of benzene rings is 1. The van der Waals surface area contributed by atoms with E-state index in [4.69, 9.17) is 0 Å². The Hall–Kier alpha value is -2.16. The number of hydrogen-bond acceptors (Lipinski definition) is 2. The Bertz CT molecular complexity index is 608. The van der Waals surface area contributed by atoms with Crippen LogP contribution in [0.5, 0.6) is 0 Å². The Morgan fingerprint density at radius 3 is 2.55 bits per heavy atom. The maximum atomic E-state index is 12.7. The molecule has 0 spiro atoms. The number of amides is 1. The molecule has 22 heavy (non-hydrogen) atoms. The number of aromatic nitrogens is 1. The highest BCUT2D eigenvalue weighted by atomic mass is 16.2. The largest absolute Gasteiger partial charge is 0.334 e. The molecular formula is C19H22N2O. The molecule has 114 valence electrons. The molecular weight excluding hydrogens is 272 g/mol. The van der Waals surface area contributed by atoms with Gasteiger partial charge in [-0.2, -0.15) is 0 Å². The third-order valence-electron chi connectivity index (χ3n) is 4.22. The summed E-state index contributed by atoms with van der Waals surface area (Å²) < 4.78 is 0. The van der Waals surface area contributed by atoms with Gasteiger partial charge in [0.1, 0.15) is 0 Å². The van der Waals surface area contributed by atoms with Crippen LogP contribution in [0.25, 0.3) is 0 Å². The normalized spacial score (nSPS) is 15.3. The standard InChI is InChI=1S/C19H22N2O/c1-15(16-7-3-2-4-8-16)13-19(22)21(18-10-11-18)14-17-9-5-6-12-20-17/h2-9,12,15,18H,10-11,13-14H2,1H3. The molecule has 2 aromatic rings. The number of carbonyl (C=O) groups excluding carboxylic acids is 1. The van der Waals surface area contributed by atoms with Crippen molar-refractivity contribution in [1.29, 1.82) is 0 Å². The van der Waals surface area contributed by atoms with Gasteiger partial charge in [-0.25, -0.2) is 0 Å². The van der Waals surface area contributed by atoms with Gasteiger partial charge in [-0.05, 0) is 36.5 Å². The van der Waals surface area contributed by atoms with Gasteiger partial charge >= 0.3 is 0 Å². The fraction of sp³-hybridized carbons (Fsp3) is 0.368. The molecule has 1 aromatic carbocycles. The molecule has 3 nitrogen and oxygen atoms in total. The molecule has 1 heterocycles. The number of carbonyl (C=O) groups is 1. The first kappa shape index (κ1) is 14.8. The summed E-state index contributed by atoms with van der Waals surface area (Å²) in [6.45, 7) is 2.75. The van der Waals surface area contributed by atoms with Crippen LogP contribution in [0.3, 0.4) is 0 Å². The summed E-state index contributed by atoms with van der Waals surface area (Å²) in [6, 6.07) is 16.5. The first-order chi connectivity index (χ1) is 10.7. The molecule has 3 rings (SSSR count). The Kier molecular flexibility index (Phi) is 4.52. The van der Waals surface area contributed by atoms with Crippen molar-refractivity contribution in [2.45, 2.75) is 44.7 Å². The zero-order valence-electron chi connectivity index (χ0n) is 13.0.